The van der Waals surface area contributed by atoms with Gasteiger partial charge in [-0.2, -0.15) is 9.57 Å². The van der Waals surface area contributed by atoms with E-state index in [9.17, 15) is 23.6 Å². The number of benzene rings is 2. The summed E-state index contributed by atoms with van der Waals surface area (Å²) in [6.07, 6.45) is 5.72. The Hall–Kier alpha value is -4.75. The molecule has 3 fully saturated rings. The fraction of sp³-hybridized carbons (Fsp3) is 0.500. The molecule has 4 aliphatic heterocycles. The van der Waals surface area contributed by atoms with Crippen LogP contribution in [0.5, 0.6) is 11.6 Å². The number of rotatable bonds is 12. The molecule has 3 saturated heterocycles. The molecule has 0 saturated carbocycles. The maximum Gasteiger partial charge on any atom is 0.318 e. The van der Waals surface area contributed by atoms with Gasteiger partial charge in [0.1, 0.15) is 5.75 Å². The van der Waals surface area contributed by atoms with Gasteiger partial charge < -0.3 is 29.7 Å². The van der Waals surface area contributed by atoms with E-state index in [0.717, 1.165) is 32.7 Å². The number of hydrogen-bond acceptors (Lipinski definition) is 11. The number of urea groups is 1. The third-order valence-electron chi connectivity index (χ3n) is 11.4. The monoisotopic (exact) mass is 771 g/mol. The van der Waals surface area contributed by atoms with Crippen molar-refractivity contribution in [1.82, 2.24) is 25.0 Å². The lowest BCUT2D eigenvalue weighted by Gasteiger charge is -2.66. The van der Waals surface area contributed by atoms with Crippen LogP contribution in [0.15, 0.2) is 65.7 Å². The van der Waals surface area contributed by atoms with Gasteiger partial charge in [-0.15, -0.1) is 0 Å². The van der Waals surface area contributed by atoms with Crippen molar-refractivity contribution in [3.8, 4) is 17.7 Å². The molecule has 3 aromatic rings. The SMILES string of the molecule is CCOc1ncccc1[C@]1(NC(=O)N2CC3(C2)CN(CCN2CCCCC2)C3CC(C)(C)O)C(=O)N(S(=O)(=O)c2ccc(OC)cc2)c2ccc(C#N)cc21. The molecule has 0 aliphatic carbocycles. The van der Waals surface area contributed by atoms with Gasteiger partial charge in [0, 0.05) is 55.9 Å². The summed E-state index contributed by atoms with van der Waals surface area (Å²) in [7, 11) is -3.11. The van der Waals surface area contributed by atoms with Gasteiger partial charge in [-0.3, -0.25) is 9.69 Å². The molecule has 14 nitrogen and oxygen atoms in total. The van der Waals surface area contributed by atoms with Crippen molar-refractivity contribution in [3.63, 3.8) is 0 Å². The summed E-state index contributed by atoms with van der Waals surface area (Å²) in [4.78, 5) is 40.5. The molecule has 1 aromatic heterocycles. The van der Waals surface area contributed by atoms with E-state index in [1.165, 1.54) is 75.0 Å². The van der Waals surface area contributed by atoms with Crippen LogP contribution in [0.25, 0.3) is 0 Å². The predicted octanol–water partition coefficient (Wildman–Crippen LogP) is 3.68. The van der Waals surface area contributed by atoms with Gasteiger partial charge in [0.05, 0.1) is 47.1 Å². The Morgan fingerprint density at radius 2 is 1.78 bits per heavy atom. The molecular weight excluding hydrogens is 723 g/mol. The summed E-state index contributed by atoms with van der Waals surface area (Å²) in [6, 6.07) is 14.6. The Balaban J connectivity index is 1.23. The summed E-state index contributed by atoms with van der Waals surface area (Å²) in [5.74, 6) is -0.513. The molecule has 0 bridgehead atoms. The number of methoxy groups -OCH3 is 1. The minimum atomic E-state index is -4.57. The highest BCUT2D eigenvalue weighted by Gasteiger charge is 2.63. The summed E-state index contributed by atoms with van der Waals surface area (Å²) < 4.78 is 40.7. The highest BCUT2D eigenvalue weighted by Crippen LogP contribution is 2.51. The summed E-state index contributed by atoms with van der Waals surface area (Å²) in [5, 5.41) is 23.9. The van der Waals surface area contributed by atoms with E-state index in [0.29, 0.717) is 29.6 Å². The van der Waals surface area contributed by atoms with Gasteiger partial charge in [-0.05, 0) is 108 Å². The first-order valence-electron chi connectivity index (χ1n) is 18.9. The van der Waals surface area contributed by atoms with Crippen LogP contribution in [0.4, 0.5) is 10.5 Å². The van der Waals surface area contributed by atoms with Crippen molar-refractivity contribution in [2.45, 2.75) is 68.5 Å². The number of anilines is 1. The van der Waals surface area contributed by atoms with Crippen LogP contribution in [0, 0.1) is 16.7 Å². The smallest absolute Gasteiger partial charge is 0.318 e. The molecule has 3 amide bonds. The molecular formula is C40H49N7O7S. The van der Waals surface area contributed by atoms with Crippen molar-refractivity contribution in [3.05, 3.63) is 77.5 Å². The first-order valence-corrected chi connectivity index (χ1v) is 20.3. The number of carbonyl (C=O) groups excluding carboxylic acids is 2. The highest BCUT2D eigenvalue weighted by molar-refractivity contribution is 7.93. The number of nitriles is 1. The molecule has 1 unspecified atom stereocenters. The van der Waals surface area contributed by atoms with Crippen LogP contribution in [-0.2, 0) is 20.4 Å². The van der Waals surface area contributed by atoms with Crippen LogP contribution in [0.1, 0.15) is 63.1 Å². The average molecular weight is 772 g/mol. The fourth-order valence-corrected chi connectivity index (χ4v) is 10.2. The number of likely N-dealkylation sites (tertiary alicyclic amines) is 3. The standard InChI is InChI=1S/C40H49N7O7S/c1-5-54-35-31(10-9-17-42-35)40(32-22-28(24-41)11-16-33(32)47(36(40)48)55(51,52)30-14-12-29(53-4)13-15-30)43-37(49)46-26-39(27-46)25-45(34(39)23-38(2,3)50)21-20-44-18-7-6-8-19-44/h9-17,22,34,50H,5-8,18-21,23,25-27H2,1-4H3,(H,43,49)/t34?,40-/m1/s1. The molecule has 5 heterocycles. The highest BCUT2D eigenvalue weighted by atomic mass is 32.2. The zero-order chi connectivity index (χ0) is 39.2. The van der Waals surface area contributed by atoms with Gasteiger partial charge in [0.2, 0.25) is 5.88 Å². The number of nitrogens with zero attached hydrogens (tertiary/aromatic N) is 6. The summed E-state index contributed by atoms with van der Waals surface area (Å²) in [5.41, 5.74) is -2.94. The molecule has 7 rings (SSSR count). The van der Waals surface area contributed by atoms with Gasteiger partial charge in [0.25, 0.3) is 15.9 Å². The van der Waals surface area contributed by atoms with Crippen molar-refractivity contribution in [2.24, 2.45) is 5.41 Å². The number of hydrogen-bond donors (Lipinski definition) is 2. The largest absolute Gasteiger partial charge is 0.497 e. The second-order valence-corrected chi connectivity index (χ2v) is 17.5. The van der Waals surface area contributed by atoms with Crippen molar-refractivity contribution in [1.29, 1.82) is 5.26 Å². The van der Waals surface area contributed by atoms with E-state index >= 15 is 4.79 Å². The van der Waals surface area contributed by atoms with E-state index < -0.39 is 33.1 Å². The van der Waals surface area contributed by atoms with E-state index in [1.54, 1.807) is 24.0 Å². The van der Waals surface area contributed by atoms with E-state index in [1.807, 2.05) is 13.8 Å². The predicted molar refractivity (Wildman–Crippen MR) is 204 cm³/mol. The Morgan fingerprint density at radius 1 is 1.05 bits per heavy atom. The lowest BCUT2D eigenvalue weighted by atomic mass is 9.63. The van der Waals surface area contributed by atoms with Crippen LogP contribution in [0.3, 0.4) is 0 Å². The quantitative estimate of drug-likeness (QED) is 0.276. The van der Waals surface area contributed by atoms with Gasteiger partial charge in [-0.1, -0.05) is 6.42 Å². The summed E-state index contributed by atoms with van der Waals surface area (Å²) in [6.45, 7) is 11.1. The Kier molecular flexibility index (Phi) is 10.3. The lowest BCUT2D eigenvalue weighted by Crippen LogP contribution is -2.80. The lowest BCUT2D eigenvalue weighted by molar-refractivity contribution is -0.169. The van der Waals surface area contributed by atoms with Crippen molar-refractivity contribution < 1.29 is 32.6 Å². The van der Waals surface area contributed by atoms with Crippen LogP contribution < -0.4 is 19.1 Å². The molecule has 2 aromatic carbocycles. The number of piperidine rings is 1. The normalized spacial score (nSPS) is 22.4. The topological polar surface area (TPSA) is 169 Å². The number of ether oxygens (including phenoxy) is 2. The van der Waals surface area contributed by atoms with E-state index in [4.69, 9.17) is 9.47 Å². The first-order chi connectivity index (χ1) is 26.3. The maximum absolute atomic E-state index is 15.2. The molecule has 55 heavy (non-hydrogen) atoms. The maximum atomic E-state index is 15.2. The minimum Gasteiger partial charge on any atom is -0.497 e. The molecule has 0 radical (unpaired) electrons. The van der Waals surface area contributed by atoms with Gasteiger partial charge in [-0.25, -0.2) is 18.2 Å². The van der Waals surface area contributed by atoms with Gasteiger partial charge in [0.15, 0.2) is 5.54 Å². The Bertz CT molecular complexity index is 2090. The summed E-state index contributed by atoms with van der Waals surface area (Å²) >= 11 is 0. The zero-order valence-corrected chi connectivity index (χ0v) is 32.6. The van der Waals surface area contributed by atoms with E-state index in [-0.39, 0.29) is 51.2 Å². The molecule has 4 aliphatic rings. The molecule has 1 spiro atoms. The average Bonchev–Trinajstić information content (AvgIpc) is 3.40. The number of fused-ring (bicyclic) bond motifs is 1. The second kappa shape index (κ2) is 14.7. The molecule has 15 heteroatoms. The zero-order valence-electron chi connectivity index (χ0n) is 31.8. The van der Waals surface area contributed by atoms with Gasteiger partial charge >= 0.3 is 6.03 Å². The number of aromatic nitrogens is 1. The third kappa shape index (κ3) is 6.90. The fourth-order valence-electron chi connectivity index (χ4n) is 8.74. The molecule has 292 valence electrons. The number of nitrogens with one attached hydrogen (secondary N) is 1. The van der Waals surface area contributed by atoms with Crippen molar-refractivity contribution in [2.75, 3.05) is 63.8 Å². The number of amides is 3. The van der Waals surface area contributed by atoms with Crippen LogP contribution in [-0.4, -0.2) is 116 Å². The number of sulfonamides is 1. The minimum absolute atomic E-state index is 0.0138. The second-order valence-electron chi connectivity index (χ2n) is 15.7. The Labute approximate surface area is 322 Å². The van der Waals surface area contributed by atoms with Crippen LogP contribution >= 0.6 is 0 Å². The first kappa shape index (κ1) is 38.5. The van der Waals surface area contributed by atoms with Crippen molar-refractivity contribution >= 4 is 27.6 Å². The Morgan fingerprint density at radius 3 is 2.44 bits per heavy atom. The number of pyridine rings is 1. The molecule has 2 atom stereocenters. The molecule has 2 N–H and O–H groups in total. The van der Waals surface area contributed by atoms with Crippen LogP contribution in [0.2, 0.25) is 0 Å². The van der Waals surface area contributed by atoms with E-state index in [2.05, 4.69) is 26.2 Å². The third-order valence-corrected chi connectivity index (χ3v) is 13.1. The number of aliphatic hydroxyl groups is 1. The number of carbonyl (C=O) groups is 2.